The highest BCUT2D eigenvalue weighted by molar-refractivity contribution is 6.30. The third-order valence-electron chi connectivity index (χ3n) is 1.64. The minimum absolute atomic E-state index is 0.300. The van der Waals surface area contributed by atoms with Crippen LogP contribution in [0.5, 0.6) is 0 Å². The first kappa shape index (κ1) is 10.3. The van der Waals surface area contributed by atoms with Crippen LogP contribution in [-0.2, 0) is 6.18 Å². The molecule has 0 saturated heterocycles. The summed E-state index contributed by atoms with van der Waals surface area (Å²) in [5, 5.41) is -0.300. The third-order valence-corrected chi connectivity index (χ3v) is 1.94. The Bertz CT molecular complexity index is 330. The first-order valence-electron chi connectivity index (χ1n) is 3.36. The van der Waals surface area contributed by atoms with Gasteiger partial charge in [0.25, 0.3) is 0 Å². The summed E-state index contributed by atoms with van der Waals surface area (Å²) < 4.78 is 49.3. The van der Waals surface area contributed by atoms with Crippen molar-refractivity contribution in [2.45, 2.75) is 13.1 Å². The Morgan fingerprint density at radius 3 is 2.23 bits per heavy atom. The Kier molecular flexibility index (Phi) is 2.52. The van der Waals surface area contributed by atoms with Crippen molar-refractivity contribution in [2.75, 3.05) is 0 Å². The largest absolute Gasteiger partial charge is 0.416 e. The van der Waals surface area contributed by atoms with E-state index in [1.807, 2.05) is 0 Å². The van der Waals surface area contributed by atoms with Gasteiger partial charge in [0.05, 0.1) is 10.6 Å². The fraction of sp³-hybridized carbons (Fsp3) is 0.250. The first-order chi connectivity index (χ1) is 5.84. The first-order valence-corrected chi connectivity index (χ1v) is 3.73. The molecule has 0 aliphatic rings. The van der Waals surface area contributed by atoms with Gasteiger partial charge in [-0.05, 0) is 24.6 Å². The highest BCUT2D eigenvalue weighted by Gasteiger charge is 2.33. The van der Waals surface area contributed by atoms with Crippen LogP contribution in [0.3, 0.4) is 0 Å². The molecule has 0 aliphatic heterocycles. The van der Waals surface area contributed by atoms with Crippen molar-refractivity contribution in [3.8, 4) is 0 Å². The van der Waals surface area contributed by atoms with Gasteiger partial charge in [0, 0.05) is 0 Å². The van der Waals surface area contributed by atoms with Gasteiger partial charge in [0.1, 0.15) is 5.82 Å². The van der Waals surface area contributed by atoms with Gasteiger partial charge in [-0.25, -0.2) is 4.39 Å². The van der Waals surface area contributed by atoms with Gasteiger partial charge in [-0.15, -0.1) is 0 Å². The van der Waals surface area contributed by atoms with Gasteiger partial charge in [-0.1, -0.05) is 11.6 Å². The molecular weight excluding hydrogens is 208 g/mol. The van der Waals surface area contributed by atoms with Crippen molar-refractivity contribution in [1.29, 1.82) is 0 Å². The molecule has 0 spiro atoms. The van der Waals surface area contributed by atoms with E-state index in [1.165, 1.54) is 0 Å². The second kappa shape index (κ2) is 3.18. The Labute approximate surface area is 77.1 Å². The monoisotopic (exact) mass is 212 g/mol. The molecule has 0 aromatic heterocycles. The maximum Gasteiger partial charge on any atom is 0.416 e. The van der Waals surface area contributed by atoms with E-state index >= 15 is 0 Å². The van der Waals surface area contributed by atoms with Crippen LogP contribution >= 0.6 is 11.6 Å². The van der Waals surface area contributed by atoms with Crippen LogP contribution in [0, 0.1) is 12.7 Å². The highest BCUT2D eigenvalue weighted by Crippen LogP contribution is 2.34. The van der Waals surface area contributed by atoms with Gasteiger partial charge in [-0.3, -0.25) is 0 Å². The summed E-state index contributed by atoms with van der Waals surface area (Å²) in [4.78, 5) is 0. The molecule has 5 heteroatoms. The summed E-state index contributed by atoms with van der Waals surface area (Å²) >= 11 is 5.29. The molecule has 0 N–H and O–H groups in total. The van der Waals surface area contributed by atoms with Crippen LogP contribution < -0.4 is 0 Å². The normalized spacial score (nSPS) is 11.8. The number of benzene rings is 1. The summed E-state index contributed by atoms with van der Waals surface area (Å²) in [6, 6.07) is 1.66. The molecule has 0 unspecified atom stereocenters. The van der Waals surface area contributed by atoms with E-state index in [4.69, 9.17) is 11.6 Å². The van der Waals surface area contributed by atoms with E-state index in [1.54, 1.807) is 0 Å². The molecule has 0 heterocycles. The number of hydrogen-bond acceptors (Lipinski definition) is 0. The number of hydrogen-bond donors (Lipinski definition) is 0. The molecule has 0 amide bonds. The molecule has 0 fully saturated rings. The van der Waals surface area contributed by atoms with E-state index in [0.717, 1.165) is 19.1 Å². The highest BCUT2D eigenvalue weighted by atomic mass is 35.5. The zero-order valence-corrected chi connectivity index (χ0v) is 7.30. The van der Waals surface area contributed by atoms with Crippen molar-refractivity contribution in [3.63, 3.8) is 0 Å². The molecule has 72 valence electrons. The van der Waals surface area contributed by atoms with Gasteiger partial charge >= 0.3 is 6.18 Å². The molecule has 1 rings (SSSR count). The van der Waals surface area contributed by atoms with Gasteiger partial charge in [-0.2, -0.15) is 13.2 Å². The van der Waals surface area contributed by atoms with E-state index in [9.17, 15) is 17.6 Å². The van der Waals surface area contributed by atoms with Crippen molar-refractivity contribution < 1.29 is 17.6 Å². The van der Waals surface area contributed by atoms with Gasteiger partial charge in [0.2, 0.25) is 0 Å². The smallest absolute Gasteiger partial charge is 0.205 e. The predicted molar refractivity (Wildman–Crippen MR) is 41.1 cm³/mol. The number of halogens is 5. The molecule has 0 atom stereocenters. The Hall–Kier alpha value is -0.770. The standard InChI is InChI=1S/C8H5ClF4/c1-4-5(8(11,12)13)2-3-6(9)7(4)10/h2-3H,1H3. The molecule has 13 heavy (non-hydrogen) atoms. The van der Waals surface area contributed by atoms with Crippen LogP contribution in [0.25, 0.3) is 0 Å². The molecule has 1 aromatic rings. The number of alkyl halides is 3. The Balaban J connectivity index is 3.35. The fourth-order valence-electron chi connectivity index (χ4n) is 0.959. The predicted octanol–water partition coefficient (Wildman–Crippen LogP) is 3.81. The lowest BCUT2D eigenvalue weighted by Gasteiger charge is -2.10. The lowest BCUT2D eigenvalue weighted by atomic mass is 10.1. The van der Waals surface area contributed by atoms with E-state index in [-0.39, 0.29) is 5.02 Å². The SMILES string of the molecule is Cc1c(C(F)(F)F)ccc(Cl)c1F. The summed E-state index contributed by atoms with van der Waals surface area (Å²) in [5.74, 6) is -1.02. The number of rotatable bonds is 0. The van der Waals surface area contributed by atoms with Crippen LogP contribution in [-0.4, -0.2) is 0 Å². The topological polar surface area (TPSA) is 0 Å². The average Bonchev–Trinajstić information content (AvgIpc) is 1.98. The van der Waals surface area contributed by atoms with Crippen molar-refractivity contribution >= 4 is 11.6 Å². The van der Waals surface area contributed by atoms with Crippen molar-refractivity contribution in [1.82, 2.24) is 0 Å². The Morgan fingerprint density at radius 2 is 1.77 bits per heavy atom. The summed E-state index contributed by atoms with van der Waals surface area (Å²) in [6.07, 6.45) is -4.53. The lowest BCUT2D eigenvalue weighted by molar-refractivity contribution is -0.138. The molecular formula is C8H5ClF4. The average molecular weight is 213 g/mol. The minimum Gasteiger partial charge on any atom is -0.205 e. The van der Waals surface area contributed by atoms with Crippen LogP contribution in [0.1, 0.15) is 11.1 Å². The molecule has 0 bridgehead atoms. The molecule has 0 radical (unpaired) electrons. The van der Waals surface area contributed by atoms with Crippen molar-refractivity contribution in [2.24, 2.45) is 0 Å². The van der Waals surface area contributed by atoms with Crippen LogP contribution in [0.15, 0.2) is 12.1 Å². The van der Waals surface area contributed by atoms with E-state index < -0.39 is 23.1 Å². The molecule has 0 aliphatic carbocycles. The van der Waals surface area contributed by atoms with Gasteiger partial charge < -0.3 is 0 Å². The van der Waals surface area contributed by atoms with Crippen LogP contribution in [0.2, 0.25) is 5.02 Å². The maximum atomic E-state index is 12.9. The molecule has 0 saturated carbocycles. The minimum atomic E-state index is -4.53. The summed E-state index contributed by atoms with van der Waals surface area (Å²) in [5.41, 5.74) is -1.46. The van der Waals surface area contributed by atoms with Gasteiger partial charge in [0.15, 0.2) is 0 Å². The molecule has 1 aromatic carbocycles. The molecule has 0 nitrogen and oxygen atoms in total. The van der Waals surface area contributed by atoms with Crippen molar-refractivity contribution in [3.05, 3.63) is 34.1 Å². The second-order valence-electron chi connectivity index (χ2n) is 2.53. The zero-order chi connectivity index (χ0) is 10.2. The Morgan fingerprint density at radius 1 is 1.23 bits per heavy atom. The second-order valence-corrected chi connectivity index (χ2v) is 2.94. The van der Waals surface area contributed by atoms with Crippen LogP contribution in [0.4, 0.5) is 17.6 Å². The van der Waals surface area contributed by atoms with E-state index in [2.05, 4.69) is 0 Å². The summed E-state index contributed by atoms with van der Waals surface area (Å²) in [6.45, 7) is 1.05. The zero-order valence-electron chi connectivity index (χ0n) is 6.54. The fourth-order valence-corrected chi connectivity index (χ4v) is 1.16. The maximum absolute atomic E-state index is 12.9. The van der Waals surface area contributed by atoms with E-state index in [0.29, 0.717) is 0 Å². The summed E-state index contributed by atoms with van der Waals surface area (Å²) in [7, 11) is 0. The quantitative estimate of drug-likeness (QED) is 0.574. The lowest BCUT2D eigenvalue weighted by Crippen LogP contribution is -2.08. The third kappa shape index (κ3) is 1.94.